The van der Waals surface area contributed by atoms with E-state index in [0.717, 1.165) is 49.5 Å². The molecule has 1 amide bonds. The van der Waals surface area contributed by atoms with Gasteiger partial charge in [0.05, 0.1) is 5.69 Å². The van der Waals surface area contributed by atoms with Crippen LogP contribution in [0.2, 0.25) is 0 Å². The Labute approximate surface area is 118 Å². The molecule has 1 N–H and O–H groups in total. The van der Waals surface area contributed by atoms with Gasteiger partial charge in [-0.1, -0.05) is 17.8 Å². The molecule has 0 bridgehead atoms. The van der Waals surface area contributed by atoms with Crippen LogP contribution < -0.4 is 5.32 Å². The summed E-state index contributed by atoms with van der Waals surface area (Å²) < 4.78 is 3.94. The highest BCUT2D eigenvalue weighted by atomic mass is 32.1. The van der Waals surface area contributed by atoms with E-state index >= 15 is 0 Å². The van der Waals surface area contributed by atoms with Crippen LogP contribution in [0.15, 0.2) is 0 Å². The third-order valence-corrected chi connectivity index (χ3v) is 4.26. The Morgan fingerprint density at radius 1 is 1.53 bits per heavy atom. The summed E-state index contributed by atoms with van der Waals surface area (Å²) in [4.78, 5) is 15.2. The highest BCUT2D eigenvalue weighted by Gasteiger charge is 2.24. The molecule has 0 spiro atoms. The van der Waals surface area contributed by atoms with Crippen molar-refractivity contribution in [2.24, 2.45) is 0 Å². The first kappa shape index (κ1) is 14.4. The zero-order chi connectivity index (χ0) is 13.7. The van der Waals surface area contributed by atoms with Gasteiger partial charge in [0.2, 0.25) is 0 Å². The summed E-state index contributed by atoms with van der Waals surface area (Å²) in [5.41, 5.74) is 0.857. The molecule has 2 rings (SSSR count). The molecular formula is C13H22N4OS. The van der Waals surface area contributed by atoms with Crippen LogP contribution in [0.1, 0.15) is 48.5 Å². The molecule has 1 atom stereocenters. The maximum atomic E-state index is 12.5. The summed E-state index contributed by atoms with van der Waals surface area (Å²) in [5.74, 6) is 0.0923. The smallest absolute Gasteiger partial charge is 0.267 e. The lowest BCUT2D eigenvalue weighted by Crippen LogP contribution is -2.41. The van der Waals surface area contributed by atoms with Crippen molar-refractivity contribution < 1.29 is 4.79 Å². The predicted molar refractivity (Wildman–Crippen MR) is 76.5 cm³/mol. The van der Waals surface area contributed by atoms with Gasteiger partial charge in [0, 0.05) is 19.1 Å². The lowest BCUT2D eigenvalue weighted by Gasteiger charge is -2.24. The molecule has 0 aromatic carbocycles. The number of likely N-dealkylation sites (N-methyl/N-ethyl adjacent to an activating group) is 1. The second-order valence-corrected chi connectivity index (χ2v) is 5.69. The Hall–Kier alpha value is -1.01. The number of nitrogens with one attached hydrogen (secondary N) is 1. The number of aromatic nitrogens is 2. The van der Waals surface area contributed by atoms with E-state index in [-0.39, 0.29) is 5.91 Å². The third-order valence-electron chi connectivity index (χ3n) is 3.51. The molecule has 0 radical (unpaired) electrons. The number of rotatable bonds is 6. The predicted octanol–water partition coefficient (Wildman–Crippen LogP) is 1.70. The van der Waals surface area contributed by atoms with Crippen LogP contribution in [0.4, 0.5) is 0 Å². The molecule has 1 aromatic rings. The zero-order valence-electron chi connectivity index (χ0n) is 11.7. The van der Waals surface area contributed by atoms with Gasteiger partial charge in [0.25, 0.3) is 5.91 Å². The summed E-state index contributed by atoms with van der Waals surface area (Å²) in [7, 11) is 0. The van der Waals surface area contributed by atoms with E-state index in [1.54, 1.807) is 0 Å². The lowest BCUT2D eigenvalue weighted by molar-refractivity contribution is 0.0755. The van der Waals surface area contributed by atoms with E-state index in [4.69, 9.17) is 0 Å². The summed E-state index contributed by atoms with van der Waals surface area (Å²) in [6.45, 7) is 6.72. The van der Waals surface area contributed by atoms with Crippen molar-refractivity contribution in [2.75, 3.05) is 19.6 Å². The Bertz CT molecular complexity index is 415. The van der Waals surface area contributed by atoms with Gasteiger partial charge in [0.1, 0.15) is 4.88 Å². The minimum atomic E-state index is 0.0923. The van der Waals surface area contributed by atoms with E-state index in [9.17, 15) is 4.79 Å². The standard InChI is InChI=1S/C13H22N4OS/c1-3-6-11-12(19-16-15-11)13(18)17(4-2)9-10-7-5-8-14-10/h10,14H,3-9H2,1-2H3. The molecule has 19 heavy (non-hydrogen) atoms. The average Bonchev–Trinajstić information content (AvgIpc) is 3.06. The van der Waals surface area contributed by atoms with E-state index in [2.05, 4.69) is 21.8 Å². The van der Waals surface area contributed by atoms with E-state index in [0.29, 0.717) is 6.04 Å². The van der Waals surface area contributed by atoms with Gasteiger partial charge in [0.15, 0.2) is 0 Å². The van der Waals surface area contributed by atoms with Crippen molar-refractivity contribution in [3.05, 3.63) is 10.6 Å². The number of nitrogens with zero attached hydrogens (tertiary/aromatic N) is 3. The number of hydrogen-bond donors (Lipinski definition) is 1. The maximum Gasteiger partial charge on any atom is 0.267 e. The van der Waals surface area contributed by atoms with Crippen LogP contribution >= 0.6 is 11.5 Å². The molecular weight excluding hydrogens is 260 g/mol. The fourth-order valence-corrected chi connectivity index (χ4v) is 3.13. The van der Waals surface area contributed by atoms with Gasteiger partial charge >= 0.3 is 0 Å². The fraction of sp³-hybridized carbons (Fsp3) is 0.769. The minimum absolute atomic E-state index is 0.0923. The Morgan fingerprint density at radius 3 is 3.00 bits per heavy atom. The van der Waals surface area contributed by atoms with Crippen molar-refractivity contribution in [1.82, 2.24) is 19.8 Å². The SMILES string of the molecule is CCCc1nnsc1C(=O)N(CC)CC1CCCN1. The summed E-state index contributed by atoms with van der Waals surface area (Å²) >= 11 is 1.23. The molecule has 1 aromatic heterocycles. The third kappa shape index (κ3) is 3.51. The number of amides is 1. The van der Waals surface area contributed by atoms with Crippen LogP contribution in [-0.4, -0.2) is 46.1 Å². The summed E-state index contributed by atoms with van der Waals surface area (Å²) in [6.07, 6.45) is 4.19. The van der Waals surface area contributed by atoms with E-state index in [1.165, 1.54) is 18.0 Å². The molecule has 0 aliphatic carbocycles. The number of hydrogen-bond acceptors (Lipinski definition) is 5. The van der Waals surface area contributed by atoms with E-state index in [1.807, 2.05) is 11.8 Å². The first-order chi connectivity index (χ1) is 9.26. The van der Waals surface area contributed by atoms with Gasteiger partial charge in [-0.15, -0.1) is 5.10 Å². The monoisotopic (exact) mass is 282 g/mol. The van der Waals surface area contributed by atoms with Crippen molar-refractivity contribution in [1.29, 1.82) is 0 Å². The lowest BCUT2D eigenvalue weighted by atomic mass is 10.2. The van der Waals surface area contributed by atoms with Crippen LogP contribution in [-0.2, 0) is 6.42 Å². The van der Waals surface area contributed by atoms with Crippen LogP contribution in [0, 0.1) is 0 Å². The van der Waals surface area contributed by atoms with Crippen LogP contribution in [0.3, 0.4) is 0 Å². The fourth-order valence-electron chi connectivity index (χ4n) is 2.45. The average molecular weight is 282 g/mol. The van der Waals surface area contributed by atoms with Gasteiger partial charge < -0.3 is 10.2 Å². The van der Waals surface area contributed by atoms with E-state index < -0.39 is 0 Å². The molecule has 1 aliphatic heterocycles. The number of carbonyl (C=O) groups is 1. The summed E-state index contributed by atoms with van der Waals surface area (Å²) in [5, 5.41) is 7.52. The Kier molecular flexibility index (Phi) is 5.27. The molecule has 0 saturated carbocycles. The molecule has 6 heteroatoms. The molecule has 1 unspecified atom stereocenters. The van der Waals surface area contributed by atoms with Gasteiger partial charge in [-0.3, -0.25) is 4.79 Å². The maximum absolute atomic E-state index is 12.5. The van der Waals surface area contributed by atoms with Gasteiger partial charge in [-0.2, -0.15) is 0 Å². The quantitative estimate of drug-likeness (QED) is 0.863. The van der Waals surface area contributed by atoms with Crippen molar-refractivity contribution in [2.45, 2.75) is 45.6 Å². The highest BCUT2D eigenvalue weighted by molar-refractivity contribution is 7.08. The highest BCUT2D eigenvalue weighted by Crippen LogP contribution is 2.17. The van der Waals surface area contributed by atoms with Crippen molar-refractivity contribution >= 4 is 17.4 Å². The van der Waals surface area contributed by atoms with Crippen molar-refractivity contribution in [3.8, 4) is 0 Å². The second-order valence-electron chi connectivity index (χ2n) is 4.94. The molecule has 1 fully saturated rings. The first-order valence-electron chi connectivity index (χ1n) is 7.10. The second kappa shape index (κ2) is 6.96. The first-order valence-corrected chi connectivity index (χ1v) is 7.87. The summed E-state index contributed by atoms with van der Waals surface area (Å²) in [6, 6.07) is 0.444. The van der Waals surface area contributed by atoms with Crippen LogP contribution in [0.25, 0.3) is 0 Å². The number of carbonyl (C=O) groups excluding carboxylic acids is 1. The molecule has 106 valence electrons. The Morgan fingerprint density at radius 2 is 2.37 bits per heavy atom. The largest absolute Gasteiger partial charge is 0.337 e. The minimum Gasteiger partial charge on any atom is -0.337 e. The topological polar surface area (TPSA) is 58.1 Å². The Balaban J connectivity index is 2.04. The zero-order valence-corrected chi connectivity index (χ0v) is 12.5. The number of aryl methyl sites for hydroxylation is 1. The molecule has 2 heterocycles. The van der Waals surface area contributed by atoms with Crippen molar-refractivity contribution in [3.63, 3.8) is 0 Å². The normalized spacial score (nSPS) is 18.7. The van der Waals surface area contributed by atoms with Gasteiger partial charge in [-0.05, 0) is 44.3 Å². The van der Waals surface area contributed by atoms with Gasteiger partial charge in [-0.25, -0.2) is 0 Å². The molecule has 1 aliphatic rings. The molecule has 5 nitrogen and oxygen atoms in total. The molecule has 1 saturated heterocycles. The van der Waals surface area contributed by atoms with Crippen LogP contribution in [0.5, 0.6) is 0 Å².